The predicted molar refractivity (Wildman–Crippen MR) is 71.9 cm³/mol. The van der Waals surface area contributed by atoms with Gasteiger partial charge in [0.1, 0.15) is 11.6 Å². The molecule has 0 aliphatic heterocycles. The molecule has 108 valence electrons. The van der Waals surface area contributed by atoms with Crippen molar-refractivity contribution in [2.24, 2.45) is 5.73 Å². The van der Waals surface area contributed by atoms with E-state index in [1.54, 1.807) is 6.07 Å². The van der Waals surface area contributed by atoms with Crippen molar-refractivity contribution >= 4 is 0 Å². The molecule has 2 rings (SSSR count). The molecule has 0 amide bonds. The van der Waals surface area contributed by atoms with Crippen LogP contribution in [-0.4, -0.2) is 16.7 Å². The maximum atomic E-state index is 13.4. The van der Waals surface area contributed by atoms with Gasteiger partial charge in [0.15, 0.2) is 6.61 Å². The largest absolute Gasteiger partial charge is 0.485 e. The summed E-state index contributed by atoms with van der Waals surface area (Å²) in [6.07, 6.45) is 0.605. The van der Waals surface area contributed by atoms with Gasteiger partial charge >= 0.3 is 0 Å². The Morgan fingerprint density at radius 2 is 2.15 bits per heavy atom. The zero-order valence-corrected chi connectivity index (χ0v) is 11.6. The number of rotatable bonds is 6. The predicted octanol–water partition coefficient (Wildman–Crippen LogP) is 2.41. The summed E-state index contributed by atoms with van der Waals surface area (Å²) in [6, 6.07) is 4.54. The van der Waals surface area contributed by atoms with Gasteiger partial charge in [-0.25, -0.2) is 4.39 Å². The van der Waals surface area contributed by atoms with E-state index >= 15 is 0 Å². The fourth-order valence-corrected chi connectivity index (χ4v) is 1.72. The van der Waals surface area contributed by atoms with E-state index in [-0.39, 0.29) is 18.3 Å². The molecule has 0 saturated heterocycles. The summed E-state index contributed by atoms with van der Waals surface area (Å²) in [7, 11) is 0. The third-order valence-electron chi connectivity index (χ3n) is 2.71. The molecular formula is C14H18FN3O2. The molecule has 2 N–H and O–H groups in total. The third-order valence-corrected chi connectivity index (χ3v) is 2.71. The second kappa shape index (κ2) is 6.47. The Kier molecular flexibility index (Phi) is 4.68. The molecule has 1 heterocycles. The molecule has 5 nitrogen and oxygen atoms in total. The molecule has 0 aliphatic rings. The van der Waals surface area contributed by atoms with Gasteiger partial charge in [0.2, 0.25) is 11.7 Å². The van der Waals surface area contributed by atoms with Crippen LogP contribution < -0.4 is 10.5 Å². The molecule has 0 spiro atoms. The quantitative estimate of drug-likeness (QED) is 0.879. The van der Waals surface area contributed by atoms with Gasteiger partial charge in [-0.3, -0.25) is 0 Å². The molecule has 0 aliphatic carbocycles. The van der Waals surface area contributed by atoms with Crippen LogP contribution in [0.4, 0.5) is 4.39 Å². The number of hydrogen-bond acceptors (Lipinski definition) is 5. The number of nitrogens with zero attached hydrogens (tertiary/aromatic N) is 2. The monoisotopic (exact) mass is 279 g/mol. The van der Waals surface area contributed by atoms with Crippen molar-refractivity contribution in [2.75, 3.05) is 6.54 Å². The lowest BCUT2D eigenvalue weighted by molar-refractivity contribution is 0.283. The number of hydrogen-bond donors (Lipinski definition) is 1. The second-order valence-electron chi connectivity index (χ2n) is 4.83. The molecule has 0 atom stereocenters. The van der Waals surface area contributed by atoms with E-state index in [4.69, 9.17) is 15.0 Å². The molecule has 0 saturated carbocycles. The molecule has 0 unspecified atom stereocenters. The van der Waals surface area contributed by atoms with Gasteiger partial charge < -0.3 is 15.0 Å². The molecule has 0 bridgehead atoms. The van der Waals surface area contributed by atoms with Gasteiger partial charge in [-0.05, 0) is 30.7 Å². The summed E-state index contributed by atoms with van der Waals surface area (Å²) in [5, 5.41) is 3.81. The van der Waals surface area contributed by atoms with E-state index in [0.29, 0.717) is 30.4 Å². The lowest BCUT2D eigenvalue weighted by Gasteiger charge is -2.06. The van der Waals surface area contributed by atoms with Crippen LogP contribution in [0, 0.1) is 5.82 Å². The molecule has 1 aromatic heterocycles. The van der Waals surface area contributed by atoms with Gasteiger partial charge in [-0.1, -0.05) is 19.0 Å². The van der Waals surface area contributed by atoms with E-state index in [1.807, 2.05) is 13.8 Å². The third kappa shape index (κ3) is 3.77. The first kappa shape index (κ1) is 14.5. The minimum Gasteiger partial charge on any atom is -0.485 e. The van der Waals surface area contributed by atoms with Crippen LogP contribution in [0.15, 0.2) is 22.7 Å². The van der Waals surface area contributed by atoms with Crippen LogP contribution in [0.25, 0.3) is 0 Å². The average Bonchev–Trinajstić information content (AvgIpc) is 2.85. The maximum absolute atomic E-state index is 13.4. The van der Waals surface area contributed by atoms with Gasteiger partial charge in [0.25, 0.3) is 0 Å². The molecule has 2 aromatic rings. The van der Waals surface area contributed by atoms with Crippen LogP contribution in [0.2, 0.25) is 0 Å². The van der Waals surface area contributed by atoms with Crippen LogP contribution in [-0.2, 0) is 13.0 Å². The molecule has 1 aromatic carbocycles. The summed E-state index contributed by atoms with van der Waals surface area (Å²) >= 11 is 0. The SMILES string of the molecule is CC(C)c1nc(COc2cc(F)cc(CCN)c2)no1. The number of ether oxygens (including phenoxy) is 1. The maximum Gasteiger partial charge on any atom is 0.229 e. The van der Waals surface area contributed by atoms with E-state index in [2.05, 4.69) is 10.1 Å². The zero-order valence-electron chi connectivity index (χ0n) is 11.6. The minimum atomic E-state index is -0.345. The van der Waals surface area contributed by atoms with Crippen molar-refractivity contribution in [1.29, 1.82) is 0 Å². The van der Waals surface area contributed by atoms with Gasteiger partial charge in [0.05, 0.1) is 0 Å². The van der Waals surface area contributed by atoms with Crippen LogP contribution in [0.1, 0.15) is 37.0 Å². The minimum absolute atomic E-state index is 0.141. The molecule has 20 heavy (non-hydrogen) atoms. The Morgan fingerprint density at radius 1 is 1.35 bits per heavy atom. The second-order valence-corrected chi connectivity index (χ2v) is 4.83. The average molecular weight is 279 g/mol. The number of benzene rings is 1. The van der Waals surface area contributed by atoms with Crippen molar-refractivity contribution in [1.82, 2.24) is 10.1 Å². The Labute approximate surface area is 116 Å². The molecule has 6 heteroatoms. The van der Waals surface area contributed by atoms with Crippen molar-refractivity contribution in [3.05, 3.63) is 41.3 Å². The number of halogens is 1. The normalized spacial score (nSPS) is 11.1. The van der Waals surface area contributed by atoms with Crippen LogP contribution in [0.3, 0.4) is 0 Å². The van der Waals surface area contributed by atoms with Crippen LogP contribution >= 0.6 is 0 Å². The highest BCUT2D eigenvalue weighted by Gasteiger charge is 2.10. The first-order valence-electron chi connectivity index (χ1n) is 6.53. The summed E-state index contributed by atoms with van der Waals surface area (Å²) in [4.78, 5) is 4.19. The van der Waals surface area contributed by atoms with Crippen molar-refractivity contribution in [3.63, 3.8) is 0 Å². The van der Waals surface area contributed by atoms with E-state index in [1.165, 1.54) is 12.1 Å². The zero-order chi connectivity index (χ0) is 14.5. The van der Waals surface area contributed by atoms with Gasteiger partial charge in [-0.2, -0.15) is 4.98 Å². The number of aromatic nitrogens is 2. The molecule has 0 fully saturated rings. The topological polar surface area (TPSA) is 74.2 Å². The van der Waals surface area contributed by atoms with E-state index in [9.17, 15) is 4.39 Å². The number of nitrogens with two attached hydrogens (primary N) is 1. The molecular weight excluding hydrogens is 261 g/mol. The van der Waals surface area contributed by atoms with Crippen molar-refractivity contribution < 1.29 is 13.7 Å². The fraction of sp³-hybridized carbons (Fsp3) is 0.429. The summed E-state index contributed by atoms with van der Waals surface area (Å²) < 4.78 is 24.0. The van der Waals surface area contributed by atoms with Gasteiger partial charge in [0, 0.05) is 12.0 Å². The summed E-state index contributed by atoms with van der Waals surface area (Å²) in [5.41, 5.74) is 6.27. The Balaban J connectivity index is 2.02. The van der Waals surface area contributed by atoms with E-state index in [0.717, 1.165) is 5.56 Å². The van der Waals surface area contributed by atoms with Crippen LogP contribution in [0.5, 0.6) is 5.75 Å². The van der Waals surface area contributed by atoms with Gasteiger partial charge in [-0.15, -0.1) is 0 Å². The molecule has 0 radical (unpaired) electrons. The van der Waals surface area contributed by atoms with E-state index < -0.39 is 0 Å². The van der Waals surface area contributed by atoms with Crippen molar-refractivity contribution in [3.8, 4) is 5.75 Å². The lowest BCUT2D eigenvalue weighted by atomic mass is 10.1. The fourth-order valence-electron chi connectivity index (χ4n) is 1.72. The summed E-state index contributed by atoms with van der Waals surface area (Å²) in [5.74, 6) is 1.26. The smallest absolute Gasteiger partial charge is 0.229 e. The highest BCUT2D eigenvalue weighted by atomic mass is 19.1. The lowest BCUT2D eigenvalue weighted by Crippen LogP contribution is -2.04. The standard InChI is InChI=1S/C14H18FN3O2/c1-9(2)14-17-13(18-20-14)8-19-12-6-10(3-4-16)5-11(15)7-12/h5-7,9H,3-4,8,16H2,1-2H3. The highest BCUT2D eigenvalue weighted by Crippen LogP contribution is 2.18. The Bertz CT molecular complexity index is 569. The Hall–Kier alpha value is -1.95. The first-order chi connectivity index (χ1) is 9.58. The first-order valence-corrected chi connectivity index (χ1v) is 6.53. The summed E-state index contributed by atoms with van der Waals surface area (Å²) in [6.45, 7) is 4.53. The van der Waals surface area contributed by atoms with Crippen molar-refractivity contribution in [2.45, 2.75) is 32.8 Å². The Morgan fingerprint density at radius 3 is 2.80 bits per heavy atom. The highest BCUT2D eigenvalue weighted by molar-refractivity contribution is 5.29.